The highest BCUT2D eigenvalue weighted by Gasteiger charge is 1.66. The highest BCUT2D eigenvalue weighted by atomic mass is 35.5. The third-order valence-electron chi connectivity index (χ3n) is 0.491. The lowest BCUT2D eigenvalue weighted by atomic mass is 10.5. The van der Waals surface area contributed by atoms with Crippen LogP contribution in [0.15, 0.2) is 12.3 Å². The molecule has 0 aromatic rings. The number of hydrogen-bond donors (Lipinski definition) is 0. The average Bonchev–Trinajstić information content (AvgIpc) is 1.69. The van der Waals surface area contributed by atoms with Crippen molar-refractivity contribution in [2.45, 2.75) is 13.3 Å². The van der Waals surface area contributed by atoms with Gasteiger partial charge in [0.15, 0.2) is 6.07 Å². The van der Waals surface area contributed by atoms with Gasteiger partial charge >= 0.3 is 0 Å². The van der Waals surface area contributed by atoms with Gasteiger partial charge in [0, 0.05) is 0 Å². The van der Waals surface area contributed by atoms with Crippen molar-refractivity contribution in [1.29, 1.82) is 0 Å². The quantitative estimate of drug-likeness (QED) is 0.410. The number of ether oxygens (including phenoxy) is 1. The first-order chi connectivity index (χ1) is 3.41. The van der Waals surface area contributed by atoms with E-state index >= 15 is 0 Å². The van der Waals surface area contributed by atoms with Gasteiger partial charge in [-0.15, -0.1) is 0 Å². The summed E-state index contributed by atoms with van der Waals surface area (Å²) < 4.78 is 4.66. The van der Waals surface area contributed by atoms with Crippen molar-refractivity contribution in [3.8, 4) is 0 Å². The van der Waals surface area contributed by atoms with Gasteiger partial charge in [-0.1, -0.05) is 24.6 Å². The summed E-state index contributed by atoms with van der Waals surface area (Å²) in [6.07, 6.45) is 4.51. The Morgan fingerprint density at radius 2 is 2.43 bits per heavy atom. The molecule has 0 saturated carbocycles. The van der Waals surface area contributed by atoms with Gasteiger partial charge in [0.05, 0.1) is 6.26 Å². The zero-order valence-corrected chi connectivity index (χ0v) is 5.11. The molecule has 2 heteroatoms. The Balaban J connectivity index is 2.78. The number of hydrogen-bond acceptors (Lipinski definition) is 1. The Bertz CT molecular complexity index is 52.0. The van der Waals surface area contributed by atoms with Crippen LogP contribution in [-0.4, -0.2) is 6.07 Å². The Labute approximate surface area is 48.9 Å². The molecule has 0 aromatic heterocycles. The summed E-state index contributed by atoms with van der Waals surface area (Å²) in [7, 11) is 0. The van der Waals surface area contributed by atoms with Crippen molar-refractivity contribution in [2.75, 3.05) is 6.07 Å². The molecule has 0 saturated heterocycles. The predicted octanol–water partition coefficient (Wildman–Crippen LogP) is 2.12. The lowest BCUT2D eigenvalue weighted by molar-refractivity contribution is 0.311. The first-order valence-corrected chi connectivity index (χ1v) is 2.77. The molecule has 42 valence electrons. The molecule has 0 aliphatic rings. The number of alkyl halides is 1. The molecule has 0 atom stereocenters. The maximum atomic E-state index is 5.16. The normalized spacial score (nSPS) is 10.0. The molecule has 0 bridgehead atoms. The van der Waals surface area contributed by atoms with Crippen LogP contribution in [0.5, 0.6) is 0 Å². The molecule has 0 aliphatic heterocycles. The molecule has 0 heterocycles. The first kappa shape index (κ1) is 6.83. The zero-order chi connectivity index (χ0) is 5.54. The summed E-state index contributed by atoms with van der Waals surface area (Å²) in [6.45, 7) is 2.04. The predicted molar refractivity (Wildman–Crippen MR) is 31.2 cm³/mol. The Kier molecular flexibility index (Phi) is 5.69. The first-order valence-electron chi connectivity index (χ1n) is 2.24. The standard InChI is InChI=1S/C5H9ClO/c1-2-3-4-7-5-6/h3-4H,2,5H2,1H3/b4-3+. The van der Waals surface area contributed by atoms with Crippen LogP contribution in [0.4, 0.5) is 0 Å². The lowest BCUT2D eigenvalue weighted by Crippen LogP contribution is -1.70. The molecule has 0 radical (unpaired) electrons. The largest absolute Gasteiger partial charge is 0.486 e. The van der Waals surface area contributed by atoms with Crippen molar-refractivity contribution in [2.24, 2.45) is 0 Å². The van der Waals surface area contributed by atoms with E-state index in [9.17, 15) is 0 Å². The topological polar surface area (TPSA) is 9.23 Å². The van der Waals surface area contributed by atoms with E-state index in [1.54, 1.807) is 6.26 Å². The van der Waals surface area contributed by atoms with Crippen molar-refractivity contribution < 1.29 is 4.74 Å². The molecule has 0 aromatic carbocycles. The van der Waals surface area contributed by atoms with E-state index in [4.69, 9.17) is 11.6 Å². The summed E-state index contributed by atoms with van der Waals surface area (Å²) in [5.41, 5.74) is 0. The minimum Gasteiger partial charge on any atom is -0.486 e. The fourth-order valence-electron chi connectivity index (χ4n) is 0.201. The number of allylic oxidation sites excluding steroid dienone is 1. The smallest absolute Gasteiger partial charge is 0.161 e. The van der Waals surface area contributed by atoms with E-state index in [0.29, 0.717) is 0 Å². The van der Waals surface area contributed by atoms with E-state index in [0.717, 1.165) is 6.42 Å². The van der Waals surface area contributed by atoms with E-state index in [2.05, 4.69) is 4.74 Å². The third kappa shape index (κ3) is 5.83. The minimum atomic E-state index is 0.247. The summed E-state index contributed by atoms with van der Waals surface area (Å²) in [6, 6.07) is 0.247. The second-order valence-corrected chi connectivity index (χ2v) is 1.27. The summed E-state index contributed by atoms with van der Waals surface area (Å²) >= 11 is 5.16. The second kappa shape index (κ2) is 5.83. The number of halogens is 1. The van der Waals surface area contributed by atoms with Crippen LogP contribution in [0, 0.1) is 0 Å². The summed E-state index contributed by atoms with van der Waals surface area (Å²) in [5, 5.41) is 0. The van der Waals surface area contributed by atoms with E-state index in [1.807, 2.05) is 13.0 Å². The molecule has 0 spiro atoms. The van der Waals surface area contributed by atoms with Gasteiger partial charge < -0.3 is 4.74 Å². The fourth-order valence-corrected chi connectivity index (χ4v) is 0.273. The van der Waals surface area contributed by atoms with Gasteiger partial charge in [0.25, 0.3) is 0 Å². The van der Waals surface area contributed by atoms with Crippen molar-refractivity contribution in [3.05, 3.63) is 12.3 Å². The molecule has 0 aliphatic carbocycles. The molecule has 0 rings (SSSR count). The second-order valence-electron chi connectivity index (χ2n) is 1.06. The van der Waals surface area contributed by atoms with Crippen LogP contribution >= 0.6 is 11.6 Å². The molecular weight excluding hydrogens is 112 g/mol. The molecule has 0 amide bonds. The Morgan fingerprint density at radius 1 is 1.71 bits per heavy atom. The van der Waals surface area contributed by atoms with Crippen LogP contribution in [0.1, 0.15) is 13.3 Å². The van der Waals surface area contributed by atoms with E-state index in [-0.39, 0.29) is 6.07 Å². The molecule has 0 unspecified atom stereocenters. The third-order valence-corrected chi connectivity index (χ3v) is 0.617. The monoisotopic (exact) mass is 120 g/mol. The van der Waals surface area contributed by atoms with Crippen LogP contribution in [0.3, 0.4) is 0 Å². The van der Waals surface area contributed by atoms with Crippen LogP contribution in [0.25, 0.3) is 0 Å². The van der Waals surface area contributed by atoms with Gasteiger partial charge in [0.1, 0.15) is 0 Å². The molecule has 0 fully saturated rings. The average molecular weight is 121 g/mol. The summed E-state index contributed by atoms with van der Waals surface area (Å²) in [4.78, 5) is 0. The maximum Gasteiger partial charge on any atom is 0.161 e. The Morgan fingerprint density at radius 3 is 2.86 bits per heavy atom. The van der Waals surface area contributed by atoms with E-state index in [1.165, 1.54) is 0 Å². The van der Waals surface area contributed by atoms with Gasteiger partial charge in [-0.2, -0.15) is 0 Å². The van der Waals surface area contributed by atoms with Crippen LogP contribution in [0.2, 0.25) is 0 Å². The highest BCUT2D eigenvalue weighted by molar-refractivity contribution is 6.17. The van der Waals surface area contributed by atoms with Gasteiger partial charge in [-0.25, -0.2) is 0 Å². The lowest BCUT2D eigenvalue weighted by Gasteiger charge is -1.86. The molecule has 7 heavy (non-hydrogen) atoms. The molecular formula is C5H9ClO. The number of rotatable bonds is 3. The van der Waals surface area contributed by atoms with Crippen molar-refractivity contribution in [3.63, 3.8) is 0 Å². The van der Waals surface area contributed by atoms with Crippen LogP contribution in [-0.2, 0) is 4.74 Å². The van der Waals surface area contributed by atoms with E-state index < -0.39 is 0 Å². The van der Waals surface area contributed by atoms with Crippen molar-refractivity contribution >= 4 is 11.6 Å². The van der Waals surface area contributed by atoms with Gasteiger partial charge in [-0.05, 0) is 6.42 Å². The Hall–Kier alpha value is -0.170. The zero-order valence-electron chi connectivity index (χ0n) is 4.36. The maximum absolute atomic E-state index is 5.16. The summed E-state index contributed by atoms with van der Waals surface area (Å²) in [5.74, 6) is 0. The van der Waals surface area contributed by atoms with Crippen molar-refractivity contribution in [1.82, 2.24) is 0 Å². The van der Waals surface area contributed by atoms with Gasteiger partial charge in [0.2, 0.25) is 0 Å². The molecule has 0 N–H and O–H groups in total. The minimum absolute atomic E-state index is 0.247. The van der Waals surface area contributed by atoms with Crippen LogP contribution < -0.4 is 0 Å². The highest BCUT2D eigenvalue weighted by Crippen LogP contribution is 1.82. The molecule has 1 nitrogen and oxygen atoms in total. The van der Waals surface area contributed by atoms with Gasteiger partial charge in [-0.3, -0.25) is 0 Å². The fraction of sp³-hybridized carbons (Fsp3) is 0.600. The SMILES string of the molecule is CC/C=C/OCCl.